The first-order chi connectivity index (χ1) is 6.53. The zero-order valence-electron chi connectivity index (χ0n) is 7.34. The van der Waals surface area contributed by atoms with Crippen LogP contribution < -0.4 is 11.1 Å². The van der Waals surface area contributed by atoms with Gasteiger partial charge >= 0.3 is 6.18 Å². The van der Waals surface area contributed by atoms with E-state index in [9.17, 15) is 13.2 Å². The van der Waals surface area contributed by atoms with Crippen molar-refractivity contribution in [3.63, 3.8) is 0 Å². The van der Waals surface area contributed by atoms with E-state index in [2.05, 4.69) is 5.32 Å². The Bertz CT molecular complexity index is 258. The van der Waals surface area contributed by atoms with Gasteiger partial charge in [0.1, 0.15) is 0 Å². The van der Waals surface area contributed by atoms with Crippen molar-refractivity contribution in [3.8, 4) is 0 Å². The molecule has 3 nitrogen and oxygen atoms in total. The van der Waals surface area contributed by atoms with Crippen molar-refractivity contribution in [1.29, 1.82) is 0 Å². The van der Waals surface area contributed by atoms with Crippen LogP contribution in [-0.4, -0.2) is 19.3 Å². The van der Waals surface area contributed by atoms with Crippen LogP contribution in [0.5, 0.6) is 0 Å². The largest absolute Gasteiger partial charge is 0.472 e. The van der Waals surface area contributed by atoms with E-state index in [0.29, 0.717) is 5.56 Å². The molecule has 0 saturated carbocycles. The Morgan fingerprint density at radius 2 is 2.21 bits per heavy atom. The lowest BCUT2D eigenvalue weighted by atomic mass is 10.1. The fourth-order valence-corrected chi connectivity index (χ4v) is 1.05. The maximum absolute atomic E-state index is 11.9. The molecule has 0 bridgehead atoms. The Labute approximate surface area is 79.1 Å². The maximum atomic E-state index is 11.9. The number of halogens is 3. The van der Waals surface area contributed by atoms with Crippen LogP contribution in [0.3, 0.4) is 0 Å². The number of nitrogens with two attached hydrogens (primary N) is 1. The number of rotatable bonds is 4. The molecule has 1 rings (SSSR count). The molecule has 0 fully saturated rings. The van der Waals surface area contributed by atoms with Gasteiger partial charge in [0.15, 0.2) is 0 Å². The summed E-state index contributed by atoms with van der Waals surface area (Å²) in [7, 11) is 0. The minimum absolute atomic E-state index is 0.0929. The van der Waals surface area contributed by atoms with Gasteiger partial charge in [-0.3, -0.25) is 0 Å². The highest BCUT2D eigenvalue weighted by Crippen LogP contribution is 2.16. The van der Waals surface area contributed by atoms with Gasteiger partial charge in [0.05, 0.1) is 19.1 Å². The Morgan fingerprint density at radius 1 is 1.50 bits per heavy atom. The first-order valence-corrected chi connectivity index (χ1v) is 4.05. The first kappa shape index (κ1) is 11.1. The summed E-state index contributed by atoms with van der Waals surface area (Å²) in [6.45, 7) is -0.963. The van der Waals surface area contributed by atoms with E-state index in [0.717, 1.165) is 0 Å². The van der Waals surface area contributed by atoms with Crippen LogP contribution in [0.1, 0.15) is 11.6 Å². The summed E-state index contributed by atoms with van der Waals surface area (Å²) in [6.07, 6.45) is -1.45. The topological polar surface area (TPSA) is 51.2 Å². The monoisotopic (exact) mass is 208 g/mol. The predicted octanol–water partition coefficient (Wildman–Crippen LogP) is 1.43. The molecule has 14 heavy (non-hydrogen) atoms. The summed E-state index contributed by atoms with van der Waals surface area (Å²) in [5.74, 6) is 0. The first-order valence-electron chi connectivity index (χ1n) is 4.05. The second-order valence-corrected chi connectivity index (χ2v) is 2.84. The molecule has 0 spiro atoms. The van der Waals surface area contributed by atoms with Crippen molar-refractivity contribution < 1.29 is 17.6 Å². The number of furan rings is 1. The lowest BCUT2D eigenvalue weighted by Crippen LogP contribution is -2.35. The minimum atomic E-state index is -4.23. The molecule has 1 aromatic heterocycles. The fraction of sp³-hybridized carbons (Fsp3) is 0.500. The number of alkyl halides is 3. The minimum Gasteiger partial charge on any atom is -0.472 e. The van der Waals surface area contributed by atoms with Crippen LogP contribution in [0.25, 0.3) is 0 Å². The molecule has 1 unspecified atom stereocenters. The molecule has 0 amide bonds. The highest BCUT2D eigenvalue weighted by Gasteiger charge is 2.28. The smallest absolute Gasteiger partial charge is 0.401 e. The summed E-state index contributed by atoms with van der Waals surface area (Å²) in [5, 5.41) is 2.30. The van der Waals surface area contributed by atoms with Crippen LogP contribution >= 0.6 is 0 Å². The standard InChI is InChI=1S/C8H11F3N2O/c9-8(10,11)5-13-7(3-12)6-1-2-14-4-6/h1-2,4,7,13H,3,5,12H2. The Kier molecular flexibility index (Phi) is 3.54. The zero-order chi connectivity index (χ0) is 10.6. The second kappa shape index (κ2) is 4.47. The van der Waals surface area contributed by atoms with E-state index >= 15 is 0 Å². The van der Waals surface area contributed by atoms with Crippen LogP contribution in [0.2, 0.25) is 0 Å². The van der Waals surface area contributed by atoms with Gasteiger partial charge in [-0.25, -0.2) is 0 Å². The van der Waals surface area contributed by atoms with Gasteiger partial charge in [0.25, 0.3) is 0 Å². The van der Waals surface area contributed by atoms with Crippen molar-refractivity contribution in [2.75, 3.05) is 13.1 Å². The van der Waals surface area contributed by atoms with Crippen molar-refractivity contribution in [3.05, 3.63) is 24.2 Å². The van der Waals surface area contributed by atoms with Gasteiger partial charge < -0.3 is 15.5 Å². The van der Waals surface area contributed by atoms with Crippen LogP contribution in [0.4, 0.5) is 13.2 Å². The van der Waals surface area contributed by atoms with Gasteiger partial charge in [-0.1, -0.05) is 0 Å². The molecule has 0 radical (unpaired) electrons. The average molecular weight is 208 g/mol. The molecular weight excluding hydrogens is 197 g/mol. The lowest BCUT2D eigenvalue weighted by molar-refractivity contribution is -0.126. The van der Waals surface area contributed by atoms with E-state index in [1.165, 1.54) is 12.5 Å². The number of nitrogens with one attached hydrogen (secondary N) is 1. The number of hydrogen-bond donors (Lipinski definition) is 2. The summed E-state index contributed by atoms with van der Waals surface area (Å²) in [6, 6.07) is 1.07. The average Bonchev–Trinajstić information content (AvgIpc) is 2.56. The van der Waals surface area contributed by atoms with Gasteiger partial charge in [-0.2, -0.15) is 13.2 Å². The fourth-order valence-electron chi connectivity index (χ4n) is 1.05. The van der Waals surface area contributed by atoms with Gasteiger partial charge in [-0.05, 0) is 6.07 Å². The van der Waals surface area contributed by atoms with E-state index in [1.54, 1.807) is 6.07 Å². The molecule has 1 atom stereocenters. The van der Waals surface area contributed by atoms with Crippen LogP contribution in [-0.2, 0) is 0 Å². The van der Waals surface area contributed by atoms with Crippen molar-refractivity contribution in [1.82, 2.24) is 5.32 Å². The molecule has 80 valence electrons. The normalized spacial score (nSPS) is 14.3. The second-order valence-electron chi connectivity index (χ2n) is 2.84. The molecule has 3 N–H and O–H groups in total. The molecule has 1 heterocycles. The van der Waals surface area contributed by atoms with Crippen LogP contribution in [0.15, 0.2) is 23.0 Å². The van der Waals surface area contributed by atoms with Gasteiger partial charge in [0.2, 0.25) is 0 Å². The molecule has 0 aromatic carbocycles. The third-order valence-corrected chi connectivity index (χ3v) is 1.73. The van der Waals surface area contributed by atoms with Crippen LogP contribution in [0, 0.1) is 0 Å². The van der Waals surface area contributed by atoms with Gasteiger partial charge in [-0.15, -0.1) is 0 Å². The SMILES string of the molecule is NCC(NCC(F)(F)F)c1ccoc1. The zero-order valence-corrected chi connectivity index (χ0v) is 7.34. The molecule has 0 aliphatic carbocycles. The molecule has 6 heteroatoms. The number of hydrogen-bond acceptors (Lipinski definition) is 3. The summed E-state index contributed by atoms with van der Waals surface area (Å²) in [5.41, 5.74) is 5.94. The quantitative estimate of drug-likeness (QED) is 0.787. The molecule has 0 aliphatic heterocycles. The van der Waals surface area contributed by atoms with Crippen molar-refractivity contribution in [2.24, 2.45) is 5.73 Å². The van der Waals surface area contributed by atoms with E-state index < -0.39 is 18.8 Å². The Balaban J connectivity index is 2.49. The maximum Gasteiger partial charge on any atom is 0.401 e. The van der Waals surface area contributed by atoms with Crippen molar-refractivity contribution in [2.45, 2.75) is 12.2 Å². The van der Waals surface area contributed by atoms with Crippen molar-refractivity contribution >= 4 is 0 Å². The molecule has 0 aliphatic rings. The van der Waals surface area contributed by atoms with E-state index in [-0.39, 0.29) is 6.54 Å². The highest BCUT2D eigenvalue weighted by molar-refractivity contribution is 5.11. The summed E-state index contributed by atoms with van der Waals surface area (Å²) in [4.78, 5) is 0. The van der Waals surface area contributed by atoms with Gasteiger partial charge in [0, 0.05) is 18.2 Å². The summed E-state index contributed by atoms with van der Waals surface area (Å²) >= 11 is 0. The third-order valence-electron chi connectivity index (χ3n) is 1.73. The highest BCUT2D eigenvalue weighted by atomic mass is 19.4. The van der Waals surface area contributed by atoms with E-state index in [4.69, 9.17) is 10.2 Å². The summed E-state index contributed by atoms with van der Waals surface area (Å²) < 4.78 is 40.4. The Hall–Kier alpha value is -1.01. The Morgan fingerprint density at radius 3 is 2.64 bits per heavy atom. The predicted molar refractivity (Wildman–Crippen MR) is 44.6 cm³/mol. The molecular formula is C8H11F3N2O. The third kappa shape index (κ3) is 3.39. The van der Waals surface area contributed by atoms with E-state index in [1.807, 2.05) is 0 Å². The molecule has 1 aromatic rings. The molecule has 0 saturated heterocycles. The lowest BCUT2D eigenvalue weighted by Gasteiger charge is -2.16.